The van der Waals surface area contributed by atoms with Crippen molar-refractivity contribution < 1.29 is 9.47 Å². The molecule has 26 heavy (non-hydrogen) atoms. The maximum Gasteiger partial charge on any atom is 0.162 e. The van der Waals surface area contributed by atoms with Crippen molar-refractivity contribution in [3.63, 3.8) is 0 Å². The van der Waals surface area contributed by atoms with E-state index in [0.717, 1.165) is 46.9 Å². The third kappa shape index (κ3) is 2.69. The molecule has 0 unspecified atom stereocenters. The Kier molecular flexibility index (Phi) is 4.06. The lowest BCUT2D eigenvalue weighted by Crippen LogP contribution is -2.33. The number of aryl methyl sites for hydroxylation is 2. The van der Waals surface area contributed by atoms with Crippen molar-refractivity contribution in [2.75, 3.05) is 25.7 Å². The van der Waals surface area contributed by atoms with Crippen LogP contribution in [0.3, 0.4) is 0 Å². The van der Waals surface area contributed by atoms with Crippen LogP contribution in [-0.4, -0.2) is 40.7 Å². The molecule has 0 aliphatic carbocycles. The van der Waals surface area contributed by atoms with Crippen LogP contribution in [0.4, 0.5) is 5.82 Å². The van der Waals surface area contributed by atoms with Crippen LogP contribution in [0.1, 0.15) is 22.8 Å². The Hall–Kier alpha value is -2.96. The molecule has 3 aromatic rings. The summed E-state index contributed by atoms with van der Waals surface area (Å²) in [6.45, 7) is 5.56. The molecule has 0 saturated heterocycles. The summed E-state index contributed by atoms with van der Waals surface area (Å²) in [6, 6.07) is 3.82. The number of hydrogen-bond acceptors (Lipinski definition) is 7. The molecule has 1 aliphatic rings. The summed E-state index contributed by atoms with van der Waals surface area (Å²) in [5, 5.41) is 0.941. The van der Waals surface area contributed by atoms with Crippen molar-refractivity contribution >= 4 is 16.7 Å². The lowest BCUT2D eigenvalue weighted by molar-refractivity contribution is 0.356. The lowest BCUT2D eigenvalue weighted by atomic mass is 10.0. The Labute approximate surface area is 152 Å². The summed E-state index contributed by atoms with van der Waals surface area (Å²) in [6.07, 6.45) is 2.50. The molecule has 0 bridgehead atoms. The summed E-state index contributed by atoms with van der Waals surface area (Å²) in [4.78, 5) is 20.3. The van der Waals surface area contributed by atoms with Crippen molar-refractivity contribution in [2.24, 2.45) is 0 Å². The molecule has 0 spiro atoms. The Bertz CT molecular complexity index is 989. The van der Waals surface area contributed by atoms with Gasteiger partial charge in [0, 0.05) is 23.7 Å². The van der Waals surface area contributed by atoms with Gasteiger partial charge in [-0.1, -0.05) is 0 Å². The molecule has 0 amide bonds. The minimum absolute atomic E-state index is 0.660. The van der Waals surface area contributed by atoms with Crippen LogP contribution in [0.5, 0.6) is 11.5 Å². The molecule has 0 saturated carbocycles. The molecule has 0 N–H and O–H groups in total. The third-order valence-corrected chi connectivity index (χ3v) is 4.80. The van der Waals surface area contributed by atoms with E-state index in [2.05, 4.69) is 31.8 Å². The van der Waals surface area contributed by atoms with E-state index in [0.29, 0.717) is 18.0 Å². The van der Waals surface area contributed by atoms with Gasteiger partial charge in [-0.05, 0) is 31.9 Å². The second kappa shape index (κ2) is 6.40. The molecule has 1 aromatic carbocycles. The van der Waals surface area contributed by atoms with Gasteiger partial charge in [0.25, 0.3) is 0 Å². The number of benzene rings is 1. The molecule has 4 rings (SSSR count). The molecule has 1 aliphatic heterocycles. The van der Waals surface area contributed by atoms with E-state index in [1.54, 1.807) is 20.5 Å². The topological polar surface area (TPSA) is 73.3 Å². The molecular weight excluding hydrogens is 330 g/mol. The van der Waals surface area contributed by atoms with Gasteiger partial charge in [-0.3, -0.25) is 0 Å². The average Bonchev–Trinajstić information content (AvgIpc) is 2.65. The van der Waals surface area contributed by atoms with Crippen LogP contribution in [-0.2, 0) is 13.0 Å². The Balaban J connectivity index is 1.79. The highest BCUT2D eigenvalue weighted by Crippen LogP contribution is 2.35. The first-order chi connectivity index (χ1) is 12.6. The summed E-state index contributed by atoms with van der Waals surface area (Å²) in [5.41, 5.74) is 4.23. The van der Waals surface area contributed by atoms with Gasteiger partial charge in [0.15, 0.2) is 11.5 Å². The number of anilines is 1. The zero-order valence-corrected chi connectivity index (χ0v) is 15.4. The van der Waals surface area contributed by atoms with Crippen molar-refractivity contribution in [3.05, 3.63) is 41.2 Å². The van der Waals surface area contributed by atoms with E-state index in [9.17, 15) is 0 Å². The first kappa shape index (κ1) is 16.5. The molecule has 2 aromatic heterocycles. The van der Waals surface area contributed by atoms with Gasteiger partial charge in [-0.15, -0.1) is 0 Å². The van der Waals surface area contributed by atoms with Crippen LogP contribution in [0.2, 0.25) is 0 Å². The van der Waals surface area contributed by atoms with Gasteiger partial charge in [0.1, 0.15) is 18.0 Å². The highest BCUT2D eigenvalue weighted by atomic mass is 16.5. The standard InChI is InChI=1S/C19H21N5O2/c1-11-13-5-6-24(9-16(13)23-12(2)22-11)19-14-7-17(25-3)18(26-4)8-15(14)20-10-21-19/h7-8,10H,5-6,9H2,1-4H3. The monoisotopic (exact) mass is 351 g/mol. The van der Waals surface area contributed by atoms with E-state index in [1.165, 1.54) is 5.56 Å². The van der Waals surface area contributed by atoms with E-state index in [4.69, 9.17) is 9.47 Å². The van der Waals surface area contributed by atoms with E-state index >= 15 is 0 Å². The second-order valence-corrected chi connectivity index (χ2v) is 6.37. The van der Waals surface area contributed by atoms with Crippen LogP contribution < -0.4 is 14.4 Å². The van der Waals surface area contributed by atoms with E-state index < -0.39 is 0 Å². The number of nitrogens with zero attached hydrogens (tertiary/aromatic N) is 5. The summed E-state index contributed by atoms with van der Waals surface area (Å²) in [5.74, 6) is 3.02. The molecule has 0 fully saturated rings. The zero-order valence-electron chi connectivity index (χ0n) is 15.4. The normalized spacial score (nSPS) is 13.6. The van der Waals surface area contributed by atoms with Crippen molar-refractivity contribution in [3.8, 4) is 11.5 Å². The zero-order chi connectivity index (χ0) is 18.3. The largest absolute Gasteiger partial charge is 0.493 e. The number of hydrogen-bond donors (Lipinski definition) is 0. The van der Waals surface area contributed by atoms with Gasteiger partial charge < -0.3 is 14.4 Å². The van der Waals surface area contributed by atoms with Gasteiger partial charge in [-0.25, -0.2) is 19.9 Å². The number of ether oxygens (including phenoxy) is 2. The molecule has 7 nitrogen and oxygen atoms in total. The van der Waals surface area contributed by atoms with Gasteiger partial charge in [0.2, 0.25) is 0 Å². The van der Waals surface area contributed by atoms with Gasteiger partial charge in [-0.2, -0.15) is 0 Å². The average molecular weight is 351 g/mol. The number of fused-ring (bicyclic) bond motifs is 2. The van der Waals surface area contributed by atoms with Gasteiger partial charge in [0.05, 0.1) is 32.0 Å². The fourth-order valence-corrected chi connectivity index (χ4v) is 3.57. The SMILES string of the molecule is COc1cc2ncnc(N3CCc4c(C)nc(C)nc4C3)c2cc1OC. The highest BCUT2D eigenvalue weighted by molar-refractivity contribution is 5.92. The third-order valence-electron chi connectivity index (χ3n) is 4.80. The van der Waals surface area contributed by atoms with Crippen LogP contribution >= 0.6 is 0 Å². The minimum atomic E-state index is 0.660. The first-order valence-corrected chi connectivity index (χ1v) is 8.55. The molecule has 3 heterocycles. The maximum absolute atomic E-state index is 5.45. The smallest absolute Gasteiger partial charge is 0.162 e. The fourth-order valence-electron chi connectivity index (χ4n) is 3.57. The van der Waals surface area contributed by atoms with Crippen LogP contribution in [0, 0.1) is 13.8 Å². The van der Waals surface area contributed by atoms with Gasteiger partial charge >= 0.3 is 0 Å². The quantitative estimate of drug-likeness (QED) is 0.718. The molecule has 134 valence electrons. The summed E-state index contributed by atoms with van der Waals surface area (Å²) < 4.78 is 10.8. The van der Waals surface area contributed by atoms with Crippen molar-refractivity contribution in [1.82, 2.24) is 19.9 Å². The van der Waals surface area contributed by atoms with Crippen molar-refractivity contribution in [2.45, 2.75) is 26.8 Å². The fraction of sp³-hybridized carbons (Fsp3) is 0.368. The predicted octanol–water partition coefficient (Wildman–Crippen LogP) is 2.62. The Morgan fingerprint density at radius 1 is 1.00 bits per heavy atom. The number of methoxy groups -OCH3 is 2. The molecule has 0 atom stereocenters. The maximum atomic E-state index is 5.45. The molecule has 7 heteroatoms. The lowest BCUT2D eigenvalue weighted by Gasteiger charge is -2.30. The Morgan fingerprint density at radius 2 is 1.77 bits per heavy atom. The second-order valence-electron chi connectivity index (χ2n) is 6.37. The predicted molar refractivity (Wildman–Crippen MR) is 98.9 cm³/mol. The minimum Gasteiger partial charge on any atom is -0.493 e. The summed E-state index contributed by atoms with van der Waals surface area (Å²) >= 11 is 0. The van der Waals surface area contributed by atoms with Crippen molar-refractivity contribution in [1.29, 1.82) is 0 Å². The summed E-state index contributed by atoms with van der Waals surface area (Å²) in [7, 11) is 3.25. The number of aromatic nitrogens is 4. The van der Waals surface area contributed by atoms with Crippen LogP contribution in [0.25, 0.3) is 10.9 Å². The number of rotatable bonds is 3. The van der Waals surface area contributed by atoms with Crippen LogP contribution in [0.15, 0.2) is 18.5 Å². The van der Waals surface area contributed by atoms with E-state index in [-0.39, 0.29) is 0 Å². The first-order valence-electron chi connectivity index (χ1n) is 8.55. The molecular formula is C19H21N5O2. The Morgan fingerprint density at radius 3 is 2.54 bits per heavy atom. The molecule has 0 radical (unpaired) electrons. The van der Waals surface area contributed by atoms with E-state index in [1.807, 2.05) is 19.1 Å². The highest BCUT2D eigenvalue weighted by Gasteiger charge is 2.23.